The molecule has 1 amide bonds. The van der Waals surface area contributed by atoms with Crippen LogP contribution < -0.4 is 11.2 Å². The van der Waals surface area contributed by atoms with Gasteiger partial charge < -0.3 is 4.90 Å². The highest BCUT2D eigenvalue weighted by atomic mass is 32.1. The maximum atomic E-state index is 13.6. The van der Waals surface area contributed by atoms with Gasteiger partial charge in [-0.15, -0.1) is 11.3 Å². The van der Waals surface area contributed by atoms with Crippen LogP contribution in [0.1, 0.15) is 26.4 Å². The third kappa shape index (κ3) is 3.79. The Morgan fingerprint density at radius 1 is 1.03 bits per heavy atom. The highest BCUT2D eigenvalue weighted by molar-refractivity contribution is 7.18. The second kappa shape index (κ2) is 8.36. The van der Waals surface area contributed by atoms with Gasteiger partial charge in [0.2, 0.25) is 0 Å². The Morgan fingerprint density at radius 2 is 1.69 bits per heavy atom. The molecule has 2 aromatic heterocycles. The van der Waals surface area contributed by atoms with Gasteiger partial charge in [0.15, 0.2) is 17.5 Å². The fourth-order valence-electron chi connectivity index (χ4n) is 4.24. The summed E-state index contributed by atoms with van der Waals surface area (Å²) in [5.41, 5.74) is -3.73. The fourth-order valence-corrected chi connectivity index (χ4v) is 5.48. The first-order chi connectivity index (χ1) is 17.0. The molecule has 1 N–H and O–H groups in total. The molecule has 13 heteroatoms. The van der Waals surface area contributed by atoms with Gasteiger partial charge in [-0.25, -0.2) is 22.5 Å². The number of halogens is 6. The van der Waals surface area contributed by atoms with Gasteiger partial charge in [-0.1, -0.05) is 12.1 Å². The van der Waals surface area contributed by atoms with Gasteiger partial charge in [-0.05, 0) is 36.2 Å². The number of nitrogens with zero attached hydrogens (tertiary/aromatic N) is 2. The number of carbonyl (C=O) groups is 1. The summed E-state index contributed by atoms with van der Waals surface area (Å²) in [5.74, 6) is -5.52. The lowest BCUT2D eigenvalue weighted by Crippen LogP contribution is -2.37. The second-order valence-electron chi connectivity index (χ2n) is 8.02. The van der Waals surface area contributed by atoms with E-state index in [1.165, 1.54) is 11.0 Å². The lowest BCUT2D eigenvalue weighted by Gasteiger charge is -2.27. The molecule has 186 valence electrons. The van der Waals surface area contributed by atoms with E-state index in [4.69, 9.17) is 0 Å². The van der Waals surface area contributed by atoms with Crippen LogP contribution in [0.25, 0.3) is 15.9 Å². The van der Waals surface area contributed by atoms with E-state index in [0.717, 1.165) is 29.5 Å². The summed E-state index contributed by atoms with van der Waals surface area (Å²) in [5, 5.41) is 0.0255. The summed E-state index contributed by atoms with van der Waals surface area (Å²) in [6.07, 6.45) is -4.72. The molecule has 1 aliphatic heterocycles. The highest BCUT2D eigenvalue weighted by Crippen LogP contribution is 2.35. The number of fused-ring (bicyclic) bond motifs is 3. The monoisotopic (exact) mass is 525 g/mol. The van der Waals surface area contributed by atoms with Gasteiger partial charge >= 0.3 is 11.9 Å². The number of aromatic nitrogens is 2. The van der Waals surface area contributed by atoms with Crippen molar-refractivity contribution in [2.45, 2.75) is 19.1 Å². The fraction of sp³-hybridized carbons (Fsp3) is 0.174. The van der Waals surface area contributed by atoms with Crippen molar-refractivity contribution in [3.63, 3.8) is 0 Å². The highest BCUT2D eigenvalue weighted by Gasteiger charge is 2.35. The van der Waals surface area contributed by atoms with Crippen molar-refractivity contribution >= 4 is 27.5 Å². The molecule has 0 atom stereocenters. The summed E-state index contributed by atoms with van der Waals surface area (Å²) in [6, 6.07) is 5.35. The quantitative estimate of drug-likeness (QED) is 0.312. The average molecular weight is 525 g/mol. The molecule has 0 saturated carbocycles. The largest absolute Gasteiger partial charge is 0.418 e. The standard InChI is InChI=1S/C23H13F6N3O3S/c24-13-7-10(8-14(25)18(13)26)20(33)31-6-5-11-16(9-31)36-19-17(11)21(34)32(22(35)30-19)15-4-2-1-3-12(15)23(27,28)29/h1-4,7-8H,5-6,9H2,(H,30,35). The summed E-state index contributed by atoms with van der Waals surface area (Å²) in [7, 11) is 0. The van der Waals surface area contributed by atoms with Crippen molar-refractivity contribution in [2.75, 3.05) is 6.54 Å². The van der Waals surface area contributed by atoms with Crippen LogP contribution in [0, 0.1) is 17.5 Å². The first-order valence-corrected chi connectivity index (χ1v) is 11.2. The number of para-hydroxylation sites is 1. The first-order valence-electron chi connectivity index (χ1n) is 10.4. The van der Waals surface area contributed by atoms with Crippen molar-refractivity contribution in [1.29, 1.82) is 0 Å². The number of aromatic amines is 1. The van der Waals surface area contributed by atoms with Gasteiger partial charge in [-0.2, -0.15) is 13.2 Å². The van der Waals surface area contributed by atoms with Crippen LogP contribution in [0.5, 0.6) is 0 Å². The Hall–Kier alpha value is -3.87. The average Bonchev–Trinajstić information content (AvgIpc) is 3.18. The summed E-state index contributed by atoms with van der Waals surface area (Å²) in [4.78, 5) is 43.0. The molecule has 0 unspecified atom stereocenters. The number of benzene rings is 2. The van der Waals surface area contributed by atoms with Gasteiger partial charge in [0, 0.05) is 17.0 Å². The normalized spacial score (nSPS) is 13.8. The lowest BCUT2D eigenvalue weighted by molar-refractivity contribution is -0.137. The van der Waals surface area contributed by atoms with E-state index in [0.29, 0.717) is 27.1 Å². The predicted octanol–water partition coefficient (Wildman–Crippen LogP) is 4.38. The van der Waals surface area contributed by atoms with E-state index in [1.807, 2.05) is 0 Å². The number of alkyl halides is 3. The van der Waals surface area contributed by atoms with Crippen LogP contribution in [0.4, 0.5) is 26.3 Å². The van der Waals surface area contributed by atoms with Gasteiger partial charge in [-0.3, -0.25) is 14.6 Å². The van der Waals surface area contributed by atoms with Crippen LogP contribution in [0.3, 0.4) is 0 Å². The Balaban J connectivity index is 1.58. The molecule has 0 saturated heterocycles. The molecule has 0 fully saturated rings. The van der Waals surface area contributed by atoms with Crippen LogP contribution in [-0.4, -0.2) is 26.9 Å². The zero-order valence-corrected chi connectivity index (χ0v) is 18.7. The van der Waals surface area contributed by atoms with E-state index < -0.39 is 57.6 Å². The smallest absolute Gasteiger partial charge is 0.333 e. The first kappa shape index (κ1) is 23.9. The topological polar surface area (TPSA) is 75.2 Å². The third-order valence-electron chi connectivity index (χ3n) is 5.87. The van der Waals surface area contributed by atoms with E-state index in [2.05, 4.69) is 4.98 Å². The number of carbonyl (C=O) groups excluding carboxylic acids is 1. The number of H-pyrrole nitrogens is 1. The van der Waals surface area contributed by atoms with Gasteiger partial charge in [0.25, 0.3) is 11.5 Å². The summed E-state index contributed by atoms with van der Waals surface area (Å²) < 4.78 is 81.4. The summed E-state index contributed by atoms with van der Waals surface area (Å²) >= 11 is 0.974. The molecule has 0 bridgehead atoms. The number of nitrogens with one attached hydrogen (secondary N) is 1. The zero-order valence-electron chi connectivity index (χ0n) is 17.9. The molecule has 6 nitrogen and oxygen atoms in total. The minimum atomic E-state index is -4.81. The molecule has 2 aromatic carbocycles. The zero-order chi connectivity index (χ0) is 25.9. The Morgan fingerprint density at radius 3 is 2.36 bits per heavy atom. The number of hydrogen-bond acceptors (Lipinski definition) is 4. The maximum absolute atomic E-state index is 13.6. The van der Waals surface area contributed by atoms with Crippen molar-refractivity contribution in [3.8, 4) is 5.69 Å². The number of amides is 1. The van der Waals surface area contributed by atoms with Crippen molar-refractivity contribution < 1.29 is 31.1 Å². The lowest BCUT2D eigenvalue weighted by atomic mass is 10.0. The molecule has 1 aliphatic rings. The third-order valence-corrected chi connectivity index (χ3v) is 7.00. The molecule has 3 heterocycles. The molecule has 0 spiro atoms. The molecular formula is C23H13F6N3O3S. The van der Waals surface area contributed by atoms with Crippen LogP contribution >= 0.6 is 11.3 Å². The van der Waals surface area contributed by atoms with E-state index >= 15 is 0 Å². The molecule has 0 aliphatic carbocycles. The molecule has 5 rings (SSSR count). The second-order valence-corrected chi connectivity index (χ2v) is 9.13. The van der Waals surface area contributed by atoms with Crippen molar-refractivity contribution in [3.05, 3.63) is 96.3 Å². The predicted molar refractivity (Wildman–Crippen MR) is 118 cm³/mol. The van der Waals surface area contributed by atoms with Crippen molar-refractivity contribution in [1.82, 2.24) is 14.5 Å². The SMILES string of the molecule is O=C(c1cc(F)c(F)c(F)c1)N1CCc2c(sc3[nH]c(=O)n(-c4ccccc4C(F)(F)F)c(=O)c23)C1. The minimum absolute atomic E-state index is 0.00991. The summed E-state index contributed by atoms with van der Waals surface area (Å²) in [6.45, 7) is -0.0786. The molecular weight excluding hydrogens is 512 g/mol. The van der Waals surface area contributed by atoms with Gasteiger partial charge in [0.05, 0.1) is 23.2 Å². The minimum Gasteiger partial charge on any atom is -0.333 e. The molecule has 0 radical (unpaired) electrons. The Bertz CT molecular complexity index is 1650. The maximum Gasteiger partial charge on any atom is 0.418 e. The van der Waals surface area contributed by atoms with Crippen LogP contribution in [-0.2, 0) is 19.1 Å². The van der Waals surface area contributed by atoms with Gasteiger partial charge in [0.1, 0.15) is 4.83 Å². The van der Waals surface area contributed by atoms with Crippen LogP contribution in [0.15, 0.2) is 46.0 Å². The Kier molecular flexibility index (Phi) is 5.54. The van der Waals surface area contributed by atoms with Crippen molar-refractivity contribution in [2.24, 2.45) is 0 Å². The van der Waals surface area contributed by atoms with E-state index in [9.17, 15) is 40.7 Å². The number of hydrogen-bond donors (Lipinski definition) is 1. The van der Waals surface area contributed by atoms with E-state index in [1.54, 1.807) is 0 Å². The molecule has 36 heavy (non-hydrogen) atoms. The van der Waals surface area contributed by atoms with Crippen LogP contribution in [0.2, 0.25) is 0 Å². The number of thiophene rings is 1. The molecule has 4 aromatic rings. The number of rotatable bonds is 2. The van der Waals surface area contributed by atoms with E-state index in [-0.39, 0.29) is 29.7 Å². The Labute approximate surface area is 201 Å².